The number of halogens is 3. The van der Waals surface area contributed by atoms with Gasteiger partial charge in [-0.2, -0.15) is 5.26 Å². The second kappa shape index (κ2) is 11.1. The quantitative estimate of drug-likeness (QED) is 0.224. The van der Waals surface area contributed by atoms with E-state index in [1.165, 1.54) is 12.1 Å². The van der Waals surface area contributed by atoms with Gasteiger partial charge in [0.05, 0.1) is 39.4 Å². The van der Waals surface area contributed by atoms with E-state index < -0.39 is 17.5 Å². The minimum Gasteiger partial charge on any atom is -0.370 e. The van der Waals surface area contributed by atoms with Gasteiger partial charge >= 0.3 is 0 Å². The van der Waals surface area contributed by atoms with E-state index in [0.29, 0.717) is 46.8 Å². The number of aromatic nitrogens is 5. The molecule has 226 valence electrons. The van der Waals surface area contributed by atoms with Crippen molar-refractivity contribution >= 4 is 27.8 Å². The van der Waals surface area contributed by atoms with Gasteiger partial charge in [0.15, 0.2) is 11.6 Å². The molecule has 1 aliphatic heterocycles. The number of nitrogens with zero attached hydrogens (tertiary/aromatic N) is 6. The van der Waals surface area contributed by atoms with Gasteiger partial charge in [-0.1, -0.05) is 12.1 Å². The summed E-state index contributed by atoms with van der Waals surface area (Å²) in [6.07, 6.45) is 7.02. The lowest BCUT2D eigenvalue weighted by molar-refractivity contribution is 0.502. The first kappa shape index (κ1) is 28.6. The maximum atomic E-state index is 14.4. The standard InChI is InChI=1S/C34H29F3N8/c1-18-3-6-28(40-15-18)19(2)45-17-24(33-42-29-12-26(36)27(37)13-30(29)43-33)31-32(44-9-7-22(39)8-10-44)23(16-41-34(31)45)20-4-5-25(35)21(11-20)14-38/h3-6,11-13,15-17,19,22H,7-10,39H2,1-2H3,(H,42,43). The van der Waals surface area contributed by atoms with Gasteiger partial charge in [-0.25, -0.2) is 23.1 Å². The SMILES string of the molecule is Cc1ccc(C(C)n2cc(-c3nc4cc(F)c(F)cc4[nH]3)c3c(N4CCC(N)CC4)c(-c4ccc(F)c(C#N)c4)cnc32)nc1. The zero-order valence-corrected chi connectivity index (χ0v) is 24.7. The maximum Gasteiger partial charge on any atom is 0.161 e. The molecule has 1 unspecified atom stereocenters. The molecule has 4 aromatic heterocycles. The summed E-state index contributed by atoms with van der Waals surface area (Å²) in [5.41, 5.74) is 12.2. The van der Waals surface area contributed by atoms with Crippen molar-refractivity contribution in [2.75, 3.05) is 18.0 Å². The van der Waals surface area contributed by atoms with Crippen molar-refractivity contribution in [2.45, 2.75) is 38.8 Å². The average Bonchev–Trinajstić information content (AvgIpc) is 3.63. The molecule has 0 bridgehead atoms. The third-order valence-electron chi connectivity index (χ3n) is 8.63. The summed E-state index contributed by atoms with van der Waals surface area (Å²) in [6.45, 7) is 5.33. The molecular weight excluding hydrogens is 577 g/mol. The van der Waals surface area contributed by atoms with Crippen LogP contribution in [0.1, 0.15) is 42.6 Å². The van der Waals surface area contributed by atoms with Gasteiger partial charge in [0.25, 0.3) is 0 Å². The number of fused-ring (bicyclic) bond motifs is 2. The first-order valence-electron chi connectivity index (χ1n) is 14.7. The molecule has 1 fully saturated rings. The third-order valence-corrected chi connectivity index (χ3v) is 8.63. The average molecular weight is 607 g/mol. The van der Waals surface area contributed by atoms with Crippen molar-refractivity contribution < 1.29 is 13.2 Å². The van der Waals surface area contributed by atoms with Crippen LogP contribution < -0.4 is 10.6 Å². The molecular formula is C34H29F3N8. The molecule has 0 amide bonds. The van der Waals surface area contributed by atoms with Crippen LogP contribution >= 0.6 is 0 Å². The van der Waals surface area contributed by atoms with Crippen LogP contribution in [0.25, 0.3) is 44.6 Å². The number of pyridine rings is 2. The number of anilines is 1. The number of benzene rings is 2. The molecule has 0 radical (unpaired) electrons. The number of nitrogens with one attached hydrogen (secondary N) is 1. The molecule has 11 heteroatoms. The molecule has 0 aliphatic carbocycles. The van der Waals surface area contributed by atoms with E-state index >= 15 is 0 Å². The molecule has 3 N–H and O–H groups in total. The normalized spacial score (nSPS) is 14.7. The number of aryl methyl sites for hydroxylation is 1. The number of nitrogens with two attached hydrogens (primary N) is 1. The molecule has 45 heavy (non-hydrogen) atoms. The van der Waals surface area contributed by atoms with Crippen LogP contribution in [0.2, 0.25) is 0 Å². The summed E-state index contributed by atoms with van der Waals surface area (Å²) in [7, 11) is 0. The second-order valence-corrected chi connectivity index (χ2v) is 11.6. The second-order valence-electron chi connectivity index (χ2n) is 11.6. The number of hydrogen-bond donors (Lipinski definition) is 2. The highest BCUT2D eigenvalue weighted by Crippen LogP contribution is 2.44. The molecule has 2 aromatic carbocycles. The molecule has 0 spiro atoms. The Morgan fingerprint density at radius 2 is 1.76 bits per heavy atom. The summed E-state index contributed by atoms with van der Waals surface area (Å²) in [5, 5.41) is 10.3. The number of nitriles is 1. The molecule has 1 atom stereocenters. The van der Waals surface area contributed by atoms with E-state index in [-0.39, 0.29) is 23.2 Å². The zero-order chi connectivity index (χ0) is 31.4. The van der Waals surface area contributed by atoms with Crippen LogP contribution in [-0.2, 0) is 0 Å². The monoisotopic (exact) mass is 606 g/mol. The summed E-state index contributed by atoms with van der Waals surface area (Å²) >= 11 is 0. The van der Waals surface area contributed by atoms with Gasteiger partial charge in [0.1, 0.15) is 23.4 Å². The largest absolute Gasteiger partial charge is 0.370 e. The highest BCUT2D eigenvalue weighted by molar-refractivity contribution is 6.08. The van der Waals surface area contributed by atoms with E-state index in [2.05, 4.69) is 19.9 Å². The number of hydrogen-bond acceptors (Lipinski definition) is 6. The van der Waals surface area contributed by atoms with Crippen LogP contribution in [0.3, 0.4) is 0 Å². The number of imidazole rings is 1. The van der Waals surface area contributed by atoms with Gasteiger partial charge in [0.2, 0.25) is 0 Å². The van der Waals surface area contributed by atoms with Crippen LogP contribution in [-0.4, -0.2) is 43.6 Å². The Hall–Kier alpha value is -5.21. The first-order valence-corrected chi connectivity index (χ1v) is 14.7. The lowest BCUT2D eigenvalue weighted by Gasteiger charge is -2.34. The zero-order valence-electron chi connectivity index (χ0n) is 24.7. The Kier molecular flexibility index (Phi) is 7.01. The molecule has 0 saturated carbocycles. The van der Waals surface area contributed by atoms with E-state index in [1.54, 1.807) is 12.3 Å². The number of aromatic amines is 1. The van der Waals surface area contributed by atoms with E-state index in [9.17, 15) is 18.4 Å². The van der Waals surface area contributed by atoms with Gasteiger partial charge in [0, 0.05) is 61.0 Å². The fourth-order valence-corrected chi connectivity index (χ4v) is 6.12. The van der Waals surface area contributed by atoms with Crippen LogP contribution in [0.15, 0.2) is 61.1 Å². The topological polar surface area (TPSA) is 112 Å². The summed E-state index contributed by atoms with van der Waals surface area (Å²) in [6, 6.07) is 12.4. The molecule has 1 aliphatic rings. The van der Waals surface area contributed by atoms with Crippen LogP contribution in [0.5, 0.6) is 0 Å². The Bertz CT molecular complexity index is 2080. The summed E-state index contributed by atoms with van der Waals surface area (Å²) in [5.74, 6) is -2.15. The van der Waals surface area contributed by atoms with Crippen molar-refractivity contribution in [1.82, 2.24) is 24.5 Å². The van der Waals surface area contributed by atoms with Crippen molar-refractivity contribution in [1.29, 1.82) is 5.26 Å². The van der Waals surface area contributed by atoms with Gasteiger partial charge in [-0.3, -0.25) is 4.98 Å². The van der Waals surface area contributed by atoms with Crippen molar-refractivity contribution in [3.05, 3.63) is 95.3 Å². The fourth-order valence-electron chi connectivity index (χ4n) is 6.12. The molecule has 1 saturated heterocycles. The Labute approximate surface area is 257 Å². The lowest BCUT2D eigenvalue weighted by atomic mass is 9.97. The lowest BCUT2D eigenvalue weighted by Crippen LogP contribution is -2.40. The smallest absolute Gasteiger partial charge is 0.161 e. The fraction of sp³-hybridized carbons (Fsp3) is 0.235. The molecule has 6 aromatic rings. The highest BCUT2D eigenvalue weighted by Gasteiger charge is 2.28. The minimum atomic E-state index is -0.985. The Morgan fingerprint density at radius 1 is 0.978 bits per heavy atom. The number of piperidine rings is 1. The molecule has 7 rings (SSSR count). The Balaban J connectivity index is 1.54. The van der Waals surface area contributed by atoms with Gasteiger partial charge in [-0.15, -0.1) is 0 Å². The van der Waals surface area contributed by atoms with Crippen molar-refractivity contribution in [2.24, 2.45) is 5.73 Å². The minimum absolute atomic E-state index is 0.0647. The van der Waals surface area contributed by atoms with Crippen molar-refractivity contribution in [3.63, 3.8) is 0 Å². The predicted octanol–water partition coefficient (Wildman–Crippen LogP) is 6.78. The molecule has 8 nitrogen and oxygen atoms in total. The summed E-state index contributed by atoms with van der Waals surface area (Å²) in [4.78, 5) is 19.7. The highest BCUT2D eigenvalue weighted by atomic mass is 19.2. The third kappa shape index (κ3) is 4.97. The Morgan fingerprint density at radius 3 is 2.49 bits per heavy atom. The van der Waals surface area contributed by atoms with Crippen molar-refractivity contribution in [3.8, 4) is 28.6 Å². The van der Waals surface area contributed by atoms with E-state index in [1.807, 2.05) is 49.0 Å². The van der Waals surface area contributed by atoms with Gasteiger partial charge < -0.3 is 20.2 Å². The summed E-state index contributed by atoms with van der Waals surface area (Å²) < 4.78 is 44.8. The van der Waals surface area contributed by atoms with E-state index in [0.717, 1.165) is 47.3 Å². The number of rotatable bonds is 5. The first-order chi connectivity index (χ1) is 21.7. The van der Waals surface area contributed by atoms with Crippen LogP contribution in [0, 0.1) is 35.7 Å². The van der Waals surface area contributed by atoms with E-state index in [4.69, 9.17) is 10.7 Å². The maximum absolute atomic E-state index is 14.4. The predicted molar refractivity (Wildman–Crippen MR) is 167 cm³/mol. The molecule has 5 heterocycles. The van der Waals surface area contributed by atoms with Gasteiger partial charge in [-0.05, 0) is 56.0 Å². The van der Waals surface area contributed by atoms with Crippen LogP contribution in [0.4, 0.5) is 18.9 Å². The number of H-pyrrole nitrogens is 1.